The predicted molar refractivity (Wildman–Crippen MR) is 82.7 cm³/mol. The van der Waals surface area contributed by atoms with Crippen LogP contribution < -0.4 is 10.5 Å². The van der Waals surface area contributed by atoms with Gasteiger partial charge in [0.25, 0.3) is 0 Å². The molecular weight excluding hydrogens is 296 g/mol. The largest absolute Gasteiger partial charge is 0.493 e. The Balaban J connectivity index is 2.33. The van der Waals surface area contributed by atoms with E-state index in [-0.39, 0.29) is 6.04 Å². The van der Waals surface area contributed by atoms with Crippen LogP contribution in [-0.4, -0.2) is 42.4 Å². The molecule has 2 aromatic heterocycles. The number of nitrogens with zero attached hydrogens (tertiary/aromatic N) is 3. The lowest BCUT2D eigenvalue weighted by atomic mass is 10.1. The lowest BCUT2D eigenvalue weighted by Gasteiger charge is -2.17. The summed E-state index contributed by atoms with van der Waals surface area (Å²) in [6.45, 7) is 1.63. The van der Waals surface area contributed by atoms with E-state index in [9.17, 15) is 0 Å². The third-order valence-electron chi connectivity index (χ3n) is 3.05. The third-order valence-corrected chi connectivity index (χ3v) is 4.49. The number of aromatic nitrogens is 2. The third kappa shape index (κ3) is 3.15. The number of halogens is 1. The summed E-state index contributed by atoms with van der Waals surface area (Å²) in [4.78, 5) is 3.03. The number of nitrogens with two attached hydrogens (primary N) is 1. The van der Waals surface area contributed by atoms with Gasteiger partial charge in [-0.15, -0.1) is 11.3 Å². The molecule has 7 heteroatoms. The Morgan fingerprint density at radius 3 is 2.85 bits per heavy atom. The van der Waals surface area contributed by atoms with E-state index in [4.69, 9.17) is 22.1 Å². The summed E-state index contributed by atoms with van der Waals surface area (Å²) in [5.74, 6) is 0.695. The van der Waals surface area contributed by atoms with Crippen molar-refractivity contribution < 1.29 is 4.74 Å². The Bertz CT molecular complexity index is 566. The molecule has 0 radical (unpaired) electrons. The smallest absolute Gasteiger partial charge is 0.161 e. The van der Waals surface area contributed by atoms with Crippen molar-refractivity contribution in [1.29, 1.82) is 0 Å². The molecule has 2 N–H and O–H groups in total. The van der Waals surface area contributed by atoms with Crippen LogP contribution in [0.5, 0.6) is 5.75 Å². The molecule has 0 aliphatic rings. The first-order valence-electron chi connectivity index (χ1n) is 6.27. The summed E-state index contributed by atoms with van der Waals surface area (Å²) in [7, 11) is 5.67. The highest BCUT2D eigenvalue weighted by Gasteiger charge is 2.23. The van der Waals surface area contributed by atoms with Gasteiger partial charge in [0.2, 0.25) is 0 Å². The van der Waals surface area contributed by atoms with Crippen molar-refractivity contribution in [3.05, 3.63) is 33.2 Å². The predicted octanol–water partition coefficient (Wildman–Crippen LogP) is 2.22. The van der Waals surface area contributed by atoms with Crippen molar-refractivity contribution in [3.63, 3.8) is 0 Å². The van der Waals surface area contributed by atoms with Crippen molar-refractivity contribution in [1.82, 2.24) is 14.7 Å². The van der Waals surface area contributed by atoms with Crippen LogP contribution >= 0.6 is 22.9 Å². The van der Waals surface area contributed by atoms with Gasteiger partial charge >= 0.3 is 0 Å². The van der Waals surface area contributed by atoms with Gasteiger partial charge in [0.1, 0.15) is 5.69 Å². The van der Waals surface area contributed by atoms with E-state index in [1.165, 1.54) is 0 Å². The van der Waals surface area contributed by atoms with Gasteiger partial charge in [0, 0.05) is 11.4 Å². The highest BCUT2D eigenvalue weighted by molar-refractivity contribution is 7.10. The van der Waals surface area contributed by atoms with Crippen LogP contribution in [0.15, 0.2) is 17.6 Å². The molecule has 0 amide bonds. The molecule has 20 heavy (non-hydrogen) atoms. The monoisotopic (exact) mass is 314 g/mol. The van der Waals surface area contributed by atoms with E-state index in [1.54, 1.807) is 24.6 Å². The maximum absolute atomic E-state index is 6.36. The number of rotatable bonds is 6. The molecule has 1 unspecified atom stereocenters. The van der Waals surface area contributed by atoms with Crippen LogP contribution in [0.25, 0.3) is 0 Å². The lowest BCUT2D eigenvalue weighted by molar-refractivity contribution is 0.363. The second kappa shape index (κ2) is 6.58. The minimum absolute atomic E-state index is 0.331. The fraction of sp³-hybridized carbons (Fsp3) is 0.462. The second-order valence-electron chi connectivity index (χ2n) is 4.74. The first-order chi connectivity index (χ1) is 9.54. The molecule has 0 aromatic carbocycles. The van der Waals surface area contributed by atoms with Crippen molar-refractivity contribution in [3.8, 4) is 5.75 Å². The van der Waals surface area contributed by atoms with E-state index in [1.807, 2.05) is 30.2 Å². The Labute approximate surface area is 127 Å². The number of methoxy groups -OCH3 is 1. The Kier molecular flexibility index (Phi) is 5.04. The first kappa shape index (κ1) is 15.3. The maximum Gasteiger partial charge on any atom is 0.161 e. The summed E-state index contributed by atoms with van der Waals surface area (Å²) >= 11 is 7.72. The SMILES string of the molecule is COc1cnn(CCN(C)C)c1C(N)c1sccc1Cl. The lowest BCUT2D eigenvalue weighted by Crippen LogP contribution is -2.23. The molecule has 0 saturated carbocycles. The highest BCUT2D eigenvalue weighted by atomic mass is 35.5. The van der Waals surface area contributed by atoms with E-state index < -0.39 is 0 Å². The van der Waals surface area contributed by atoms with E-state index in [2.05, 4.69) is 10.00 Å². The first-order valence-corrected chi connectivity index (χ1v) is 7.53. The van der Waals surface area contributed by atoms with Crippen LogP contribution in [0, 0.1) is 0 Å². The number of likely N-dealkylation sites (N-methyl/N-ethyl adjacent to an activating group) is 1. The summed E-state index contributed by atoms with van der Waals surface area (Å²) in [5.41, 5.74) is 7.22. The summed E-state index contributed by atoms with van der Waals surface area (Å²) in [5, 5.41) is 6.99. The van der Waals surface area contributed by atoms with Crippen molar-refractivity contribution in [2.24, 2.45) is 5.73 Å². The molecule has 0 aliphatic carbocycles. The van der Waals surface area contributed by atoms with Gasteiger partial charge < -0.3 is 15.4 Å². The molecule has 110 valence electrons. The van der Waals surface area contributed by atoms with Crippen molar-refractivity contribution in [2.75, 3.05) is 27.7 Å². The Hall–Kier alpha value is -1.08. The van der Waals surface area contributed by atoms with Gasteiger partial charge in [-0.25, -0.2) is 0 Å². The molecule has 0 bridgehead atoms. The normalized spacial score (nSPS) is 12.9. The summed E-state index contributed by atoms with van der Waals surface area (Å²) < 4.78 is 7.26. The summed E-state index contributed by atoms with van der Waals surface area (Å²) in [6, 6.07) is 1.52. The fourth-order valence-electron chi connectivity index (χ4n) is 1.97. The highest BCUT2D eigenvalue weighted by Crippen LogP contribution is 2.35. The van der Waals surface area contributed by atoms with E-state index in [0.717, 1.165) is 23.7 Å². The maximum atomic E-state index is 6.36. The average molecular weight is 315 g/mol. The fourth-order valence-corrected chi connectivity index (χ4v) is 3.15. The zero-order chi connectivity index (χ0) is 14.7. The molecule has 2 heterocycles. The number of thiophene rings is 1. The molecule has 0 aliphatic heterocycles. The molecular formula is C13H19ClN4OS. The molecule has 0 saturated heterocycles. The minimum atomic E-state index is -0.331. The molecule has 2 aromatic rings. The number of ether oxygens (including phenoxy) is 1. The molecule has 0 fully saturated rings. The Morgan fingerprint density at radius 1 is 1.55 bits per heavy atom. The zero-order valence-electron chi connectivity index (χ0n) is 11.8. The van der Waals surface area contributed by atoms with Crippen molar-refractivity contribution >= 4 is 22.9 Å². The molecule has 5 nitrogen and oxygen atoms in total. The molecule has 0 spiro atoms. The zero-order valence-corrected chi connectivity index (χ0v) is 13.4. The van der Waals surface area contributed by atoms with Crippen LogP contribution in [-0.2, 0) is 6.54 Å². The quantitative estimate of drug-likeness (QED) is 0.888. The standard InChI is InChI=1S/C13H19ClN4OS/c1-17(2)5-6-18-12(10(19-3)8-16-18)11(15)13-9(14)4-7-20-13/h4,7-8,11H,5-6,15H2,1-3H3. The average Bonchev–Trinajstić information content (AvgIpc) is 3.01. The van der Waals surface area contributed by atoms with Crippen LogP contribution in [0.4, 0.5) is 0 Å². The van der Waals surface area contributed by atoms with Crippen LogP contribution in [0.1, 0.15) is 16.6 Å². The van der Waals surface area contributed by atoms with Gasteiger partial charge in [-0.3, -0.25) is 4.68 Å². The molecule has 1 atom stereocenters. The van der Waals surface area contributed by atoms with E-state index in [0.29, 0.717) is 10.8 Å². The van der Waals surface area contributed by atoms with Gasteiger partial charge in [0.15, 0.2) is 5.75 Å². The minimum Gasteiger partial charge on any atom is -0.493 e. The molecule has 2 rings (SSSR count). The Morgan fingerprint density at radius 2 is 2.30 bits per heavy atom. The van der Waals surface area contributed by atoms with Gasteiger partial charge in [0.05, 0.1) is 30.9 Å². The van der Waals surface area contributed by atoms with Gasteiger partial charge in [-0.05, 0) is 25.5 Å². The topological polar surface area (TPSA) is 56.3 Å². The second-order valence-corrected chi connectivity index (χ2v) is 6.09. The van der Waals surface area contributed by atoms with E-state index >= 15 is 0 Å². The van der Waals surface area contributed by atoms with Crippen LogP contribution in [0.3, 0.4) is 0 Å². The van der Waals surface area contributed by atoms with Crippen molar-refractivity contribution in [2.45, 2.75) is 12.6 Å². The number of hydrogen-bond donors (Lipinski definition) is 1. The van der Waals surface area contributed by atoms with Gasteiger partial charge in [-0.2, -0.15) is 5.10 Å². The van der Waals surface area contributed by atoms with Gasteiger partial charge in [-0.1, -0.05) is 11.6 Å². The number of hydrogen-bond acceptors (Lipinski definition) is 5. The van der Waals surface area contributed by atoms with Crippen LogP contribution in [0.2, 0.25) is 5.02 Å². The summed E-state index contributed by atoms with van der Waals surface area (Å²) in [6.07, 6.45) is 1.70.